The first-order valence-electron chi connectivity index (χ1n) is 3.88. The molecule has 0 aromatic heterocycles. The topological polar surface area (TPSA) is 33.0 Å². The predicted octanol–water partition coefficient (Wildman–Crippen LogP) is 2.62. The molecule has 0 saturated carbocycles. The number of nitriles is 1. The van der Waals surface area contributed by atoms with Crippen LogP contribution in [-0.2, 0) is 0 Å². The van der Waals surface area contributed by atoms with Crippen molar-refractivity contribution in [2.24, 2.45) is 0 Å². The summed E-state index contributed by atoms with van der Waals surface area (Å²) in [5.74, 6) is 0.821. The second-order valence-corrected chi connectivity index (χ2v) is 3.46. The molecule has 0 radical (unpaired) electrons. The van der Waals surface area contributed by atoms with Crippen LogP contribution in [-0.4, -0.2) is 13.4 Å². The molecule has 68 valence electrons. The first-order chi connectivity index (χ1) is 6.31. The van der Waals surface area contributed by atoms with E-state index in [9.17, 15) is 0 Å². The molecule has 0 amide bonds. The van der Waals surface area contributed by atoms with Crippen molar-refractivity contribution in [3.63, 3.8) is 0 Å². The Kier molecular flexibility index (Phi) is 3.66. The quantitative estimate of drug-likeness (QED) is 0.739. The lowest BCUT2D eigenvalue weighted by Gasteiger charge is -2.06. The molecule has 13 heavy (non-hydrogen) atoms. The van der Waals surface area contributed by atoms with Crippen molar-refractivity contribution in [1.82, 2.24) is 0 Å². The summed E-state index contributed by atoms with van der Waals surface area (Å²) in [6, 6.07) is 9.81. The number of ether oxygens (including phenoxy) is 1. The van der Waals surface area contributed by atoms with Gasteiger partial charge in [0.05, 0.1) is 13.2 Å². The molecule has 0 aliphatic heterocycles. The highest BCUT2D eigenvalue weighted by molar-refractivity contribution is 7.99. The lowest BCUT2D eigenvalue weighted by Crippen LogP contribution is -1.89. The van der Waals surface area contributed by atoms with E-state index in [1.54, 1.807) is 7.11 Å². The molecule has 3 heteroatoms. The van der Waals surface area contributed by atoms with Crippen molar-refractivity contribution in [3.05, 3.63) is 29.8 Å². The molecular weight excluding hydrogens is 182 g/mol. The summed E-state index contributed by atoms with van der Waals surface area (Å²) in [5.41, 5.74) is 1.02. The van der Waals surface area contributed by atoms with Crippen LogP contribution in [0.25, 0.3) is 0 Å². The zero-order chi connectivity index (χ0) is 9.68. The molecule has 0 bridgehead atoms. The molecule has 1 atom stereocenters. The van der Waals surface area contributed by atoms with Crippen LogP contribution in [0, 0.1) is 11.3 Å². The van der Waals surface area contributed by atoms with Crippen molar-refractivity contribution < 1.29 is 4.74 Å². The van der Waals surface area contributed by atoms with Gasteiger partial charge < -0.3 is 4.74 Å². The number of hydrogen-bond acceptors (Lipinski definition) is 3. The molecule has 1 rings (SSSR count). The average molecular weight is 193 g/mol. The molecule has 0 spiro atoms. The predicted molar refractivity (Wildman–Crippen MR) is 54.9 cm³/mol. The van der Waals surface area contributed by atoms with E-state index in [0.717, 1.165) is 11.3 Å². The van der Waals surface area contributed by atoms with Crippen LogP contribution in [0.2, 0.25) is 0 Å². The second-order valence-electron chi connectivity index (χ2n) is 2.52. The third-order valence-electron chi connectivity index (χ3n) is 1.77. The van der Waals surface area contributed by atoms with E-state index in [-0.39, 0.29) is 5.25 Å². The molecule has 1 aromatic carbocycles. The van der Waals surface area contributed by atoms with Gasteiger partial charge in [0.2, 0.25) is 0 Å². The van der Waals surface area contributed by atoms with Gasteiger partial charge in [0.15, 0.2) is 0 Å². The number of hydrogen-bond donors (Lipinski definition) is 0. The van der Waals surface area contributed by atoms with Crippen LogP contribution in [0.15, 0.2) is 24.3 Å². The molecule has 0 aliphatic carbocycles. The largest absolute Gasteiger partial charge is 0.497 e. The molecule has 2 nitrogen and oxygen atoms in total. The third kappa shape index (κ3) is 2.40. The summed E-state index contributed by atoms with van der Waals surface area (Å²) in [4.78, 5) is 0. The smallest absolute Gasteiger partial charge is 0.118 e. The van der Waals surface area contributed by atoms with Gasteiger partial charge in [0.1, 0.15) is 11.0 Å². The molecule has 0 heterocycles. The molecule has 1 unspecified atom stereocenters. The number of methoxy groups -OCH3 is 1. The van der Waals surface area contributed by atoms with Gasteiger partial charge in [-0.2, -0.15) is 5.26 Å². The number of thioether (sulfide) groups is 1. The van der Waals surface area contributed by atoms with Gasteiger partial charge in [0.25, 0.3) is 0 Å². The molecule has 0 N–H and O–H groups in total. The first-order valence-corrected chi connectivity index (χ1v) is 5.17. The van der Waals surface area contributed by atoms with Crippen molar-refractivity contribution >= 4 is 11.8 Å². The highest BCUT2D eigenvalue weighted by Crippen LogP contribution is 2.26. The number of rotatable bonds is 3. The van der Waals surface area contributed by atoms with Crippen LogP contribution < -0.4 is 4.74 Å². The summed E-state index contributed by atoms with van der Waals surface area (Å²) < 4.78 is 5.03. The van der Waals surface area contributed by atoms with E-state index in [2.05, 4.69) is 6.07 Å². The fourth-order valence-corrected chi connectivity index (χ4v) is 1.58. The van der Waals surface area contributed by atoms with Crippen molar-refractivity contribution in [2.75, 3.05) is 13.4 Å². The van der Waals surface area contributed by atoms with E-state index in [1.807, 2.05) is 30.5 Å². The Balaban J connectivity index is 2.86. The monoisotopic (exact) mass is 193 g/mol. The van der Waals surface area contributed by atoms with Crippen molar-refractivity contribution in [2.45, 2.75) is 5.25 Å². The summed E-state index contributed by atoms with van der Waals surface area (Å²) in [7, 11) is 1.63. The molecule has 0 fully saturated rings. The first kappa shape index (κ1) is 9.94. The standard InChI is InChI=1S/C10H11NOS/c1-12-9-5-3-8(4-6-9)10(7-11)13-2/h3-6,10H,1-2H3. The fraction of sp³-hybridized carbons (Fsp3) is 0.300. The van der Waals surface area contributed by atoms with Gasteiger partial charge in [-0.05, 0) is 24.0 Å². The van der Waals surface area contributed by atoms with E-state index in [0.29, 0.717) is 0 Å². The SMILES string of the molecule is COc1ccc(C(C#N)SC)cc1. The summed E-state index contributed by atoms with van der Waals surface area (Å²) >= 11 is 1.53. The Hall–Kier alpha value is -1.14. The minimum Gasteiger partial charge on any atom is -0.497 e. The highest BCUT2D eigenvalue weighted by Gasteiger charge is 2.07. The summed E-state index contributed by atoms with van der Waals surface area (Å²) in [5, 5.41) is 8.73. The zero-order valence-electron chi connectivity index (χ0n) is 7.65. The number of benzene rings is 1. The Labute approximate surface area is 82.5 Å². The summed E-state index contributed by atoms with van der Waals surface area (Å²) in [6.45, 7) is 0. The maximum atomic E-state index is 8.80. The molecule has 1 aromatic rings. The Bertz CT molecular complexity index is 302. The lowest BCUT2D eigenvalue weighted by molar-refractivity contribution is 0.414. The van der Waals surface area contributed by atoms with Crippen LogP contribution in [0.5, 0.6) is 5.75 Å². The van der Waals surface area contributed by atoms with Crippen molar-refractivity contribution in [3.8, 4) is 11.8 Å². The van der Waals surface area contributed by atoms with Gasteiger partial charge in [0, 0.05) is 0 Å². The zero-order valence-corrected chi connectivity index (χ0v) is 8.47. The average Bonchev–Trinajstić information content (AvgIpc) is 2.21. The minimum absolute atomic E-state index is 0.0779. The highest BCUT2D eigenvalue weighted by atomic mass is 32.2. The molecule has 0 saturated heterocycles. The number of nitrogens with zero attached hydrogens (tertiary/aromatic N) is 1. The van der Waals surface area contributed by atoms with Crippen LogP contribution in [0.4, 0.5) is 0 Å². The Morgan fingerprint density at radius 1 is 1.38 bits per heavy atom. The van der Waals surface area contributed by atoms with Crippen molar-refractivity contribution in [1.29, 1.82) is 5.26 Å². The Morgan fingerprint density at radius 2 is 2.00 bits per heavy atom. The van der Waals surface area contributed by atoms with Crippen LogP contribution in [0.3, 0.4) is 0 Å². The van der Waals surface area contributed by atoms with Gasteiger partial charge in [-0.15, -0.1) is 11.8 Å². The van der Waals surface area contributed by atoms with E-state index < -0.39 is 0 Å². The van der Waals surface area contributed by atoms with E-state index in [4.69, 9.17) is 10.00 Å². The Morgan fingerprint density at radius 3 is 2.38 bits per heavy atom. The fourth-order valence-electron chi connectivity index (χ4n) is 1.04. The molecule has 0 aliphatic rings. The van der Waals surface area contributed by atoms with Crippen LogP contribution >= 0.6 is 11.8 Å². The van der Waals surface area contributed by atoms with E-state index in [1.165, 1.54) is 11.8 Å². The minimum atomic E-state index is -0.0779. The lowest BCUT2D eigenvalue weighted by atomic mass is 10.1. The van der Waals surface area contributed by atoms with Gasteiger partial charge in [-0.25, -0.2) is 0 Å². The second kappa shape index (κ2) is 4.78. The van der Waals surface area contributed by atoms with Gasteiger partial charge >= 0.3 is 0 Å². The maximum Gasteiger partial charge on any atom is 0.118 e. The summed E-state index contributed by atoms with van der Waals surface area (Å²) in [6.07, 6.45) is 1.93. The normalized spacial score (nSPS) is 11.8. The van der Waals surface area contributed by atoms with Gasteiger partial charge in [-0.1, -0.05) is 12.1 Å². The van der Waals surface area contributed by atoms with E-state index >= 15 is 0 Å². The third-order valence-corrected chi connectivity index (χ3v) is 2.62. The van der Waals surface area contributed by atoms with Crippen LogP contribution in [0.1, 0.15) is 10.8 Å². The molecular formula is C10H11NOS. The maximum absolute atomic E-state index is 8.80. The van der Waals surface area contributed by atoms with Gasteiger partial charge in [-0.3, -0.25) is 0 Å².